The summed E-state index contributed by atoms with van der Waals surface area (Å²) in [5, 5.41) is 4.53. The average Bonchev–Trinajstić information content (AvgIpc) is 2.38. The zero-order chi connectivity index (χ0) is 8.10. The van der Waals surface area contributed by atoms with Gasteiger partial charge < -0.3 is 17.7 Å². The number of halogens is 1. The molecule has 0 unspecified atom stereocenters. The summed E-state index contributed by atoms with van der Waals surface area (Å²) in [5.74, 6) is 0. The molecule has 0 aliphatic rings. The Morgan fingerprint density at radius 3 is 2.75 bits per heavy atom. The molecule has 5 heteroatoms. The highest BCUT2D eigenvalue weighted by atomic mass is 35.5. The fourth-order valence-corrected chi connectivity index (χ4v) is 2.94. The van der Waals surface area contributed by atoms with E-state index in [4.69, 9.17) is 0 Å². The second-order valence-corrected chi connectivity index (χ2v) is 4.31. The van der Waals surface area contributed by atoms with E-state index in [0.29, 0.717) is 0 Å². The third kappa shape index (κ3) is 3.56. The van der Waals surface area contributed by atoms with Gasteiger partial charge in [-0.05, 0) is 24.2 Å². The van der Waals surface area contributed by atoms with Crippen LogP contribution in [0.3, 0.4) is 0 Å². The molecule has 0 spiro atoms. The summed E-state index contributed by atoms with van der Waals surface area (Å²) >= 11 is 0. The highest BCUT2D eigenvalue weighted by Gasteiger charge is 1.95. The van der Waals surface area contributed by atoms with Gasteiger partial charge in [0.05, 0.1) is 6.07 Å². The van der Waals surface area contributed by atoms with E-state index in [1.807, 2.05) is 0 Å². The molecule has 0 aliphatic heterocycles. The van der Waals surface area contributed by atoms with Crippen LogP contribution in [-0.2, 0) is 0 Å². The van der Waals surface area contributed by atoms with Crippen molar-refractivity contribution in [3.63, 3.8) is 0 Å². The van der Waals surface area contributed by atoms with Gasteiger partial charge >= 0.3 is 0 Å². The number of hydrogen-bond donors (Lipinski definition) is 2. The first-order valence-electron chi connectivity index (χ1n) is 3.77. The molecule has 0 aliphatic carbocycles. The van der Waals surface area contributed by atoms with E-state index in [1.54, 1.807) is 20.7 Å². The van der Waals surface area contributed by atoms with Crippen LogP contribution in [-0.4, -0.2) is 13.1 Å². The number of nitrogens with one attached hydrogen (secondary N) is 2. The molecule has 1 rings (SSSR count). The minimum absolute atomic E-state index is 0. The van der Waals surface area contributed by atoms with Gasteiger partial charge in [-0.25, -0.2) is 4.99 Å². The largest absolute Gasteiger partial charge is 1.00 e. The van der Waals surface area contributed by atoms with E-state index in [1.165, 1.54) is 9.67 Å². The first-order valence-corrected chi connectivity index (χ1v) is 5.92. The summed E-state index contributed by atoms with van der Waals surface area (Å²) in [6.07, 6.45) is 0. The molecule has 1 aromatic rings. The molecular formula is C7H13ClN2S2. The fraction of sp³-hybridized carbons (Fsp3) is 0.571. The summed E-state index contributed by atoms with van der Waals surface area (Å²) in [7, 11) is 3.56. The summed E-state index contributed by atoms with van der Waals surface area (Å²) in [6, 6.07) is 2.16. The lowest BCUT2D eigenvalue weighted by Gasteiger charge is -1.91. The monoisotopic (exact) mass is 224 g/mol. The van der Waals surface area contributed by atoms with Crippen LogP contribution < -0.4 is 27.4 Å². The van der Waals surface area contributed by atoms with E-state index in [-0.39, 0.29) is 12.4 Å². The SMILES string of the molecule is CCNc1cc(=[NH+]CC)ss1.[Cl-]. The van der Waals surface area contributed by atoms with Crippen LogP contribution in [0.2, 0.25) is 0 Å². The van der Waals surface area contributed by atoms with Crippen molar-refractivity contribution in [3.8, 4) is 0 Å². The van der Waals surface area contributed by atoms with Crippen LogP contribution in [0.1, 0.15) is 13.8 Å². The normalized spacial score (nSPS) is 11.0. The molecule has 0 fully saturated rings. The molecule has 0 amide bonds. The first-order chi connectivity index (χ1) is 5.36. The standard InChI is InChI=1S/C7H12N2S2.ClH/c1-3-8-6-5-7(9-4-2)11-10-6;/h5,8H,3-4H2,1-2H3;1H. The summed E-state index contributed by atoms with van der Waals surface area (Å²) in [4.78, 5) is 3.28. The van der Waals surface area contributed by atoms with Crippen molar-refractivity contribution in [2.45, 2.75) is 13.8 Å². The van der Waals surface area contributed by atoms with Crippen molar-refractivity contribution in [1.29, 1.82) is 0 Å². The fourth-order valence-electron chi connectivity index (χ4n) is 0.766. The predicted octanol–water partition coefficient (Wildman–Crippen LogP) is -2.75. The Kier molecular flexibility index (Phi) is 6.42. The number of rotatable bonds is 3. The highest BCUT2D eigenvalue weighted by Crippen LogP contribution is 2.14. The van der Waals surface area contributed by atoms with Gasteiger partial charge in [-0.15, -0.1) is 0 Å². The van der Waals surface area contributed by atoms with Crippen molar-refractivity contribution < 1.29 is 17.4 Å². The number of anilines is 1. The van der Waals surface area contributed by atoms with E-state index in [9.17, 15) is 0 Å². The van der Waals surface area contributed by atoms with E-state index < -0.39 is 0 Å². The van der Waals surface area contributed by atoms with E-state index >= 15 is 0 Å². The van der Waals surface area contributed by atoms with Crippen molar-refractivity contribution in [2.75, 3.05) is 18.4 Å². The Morgan fingerprint density at radius 1 is 1.42 bits per heavy atom. The highest BCUT2D eigenvalue weighted by molar-refractivity contribution is 7.70. The van der Waals surface area contributed by atoms with Crippen LogP contribution in [0.15, 0.2) is 6.07 Å². The second kappa shape index (κ2) is 6.46. The van der Waals surface area contributed by atoms with Crippen LogP contribution in [0.5, 0.6) is 0 Å². The van der Waals surface area contributed by atoms with E-state index in [0.717, 1.165) is 13.1 Å². The van der Waals surface area contributed by atoms with Gasteiger partial charge in [0.1, 0.15) is 11.5 Å². The van der Waals surface area contributed by atoms with Gasteiger partial charge in [-0.2, -0.15) is 0 Å². The van der Waals surface area contributed by atoms with E-state index in [2.05, 4.69) is 30.2 Å². The molecule has 0 aromatic carbocycles. The molecule has 0 saturated carbocycles. The molecule has 2 nitrogen and oxygen atoms in total. The first kappa shape index (κ1) is 11.9. The van der Waals surface area contributed by atoms with Gasteiger partial charge in [0.25, 0.3) is 4.67 Å². The molecule has 1 heterocycles. The van der Waals surface area contributed by atoms with Crippen LogP contribution in [0.25, 0.3) is 0 Å². The lowest BCUT2D eigenvalue weighted by Crippen LogP contribution is -3.00. The lowest BCUT2D eigenvalue weighted by atomic mass is 10.6. The summed E-state index contributed by atoms with van der Waals surface area (Å²) in [5.41, 5.74) is 0. The molecule has 70 valence electrons. The van der Waals surface area contributed by atoms with Crippen molar-refractivity contribution in [3.05, 3.63) is 10.7 Å². The van der Waals surface area contributed by atoms with Gasteiger partial charge in [-0.1, -0.05) is 10.3 Å². The van der Waals surface area contributed by atoms with Crippen molar-refractivity contribution in [2.24, 2.45) is 0 Å². The Hall–Kier alpha value is -0.0600. The topological polar surface area (TPSA) is 26.0 Å². The molecule has 0 radical (unpaired) electrons. The molecule has 0 bridgehead atoms. The lowest BCUT2D eigenvalue weighted by molar-refractivity contribution is -0.492. The van der Waals surface area contributed by atoms with Crippen molar-refractivity contribution >= 4 is 25.7 Å². The molecule has 12 heavy (non-hydrogen) atoms. The molecule has 1 aromatic heterocycles. The summed E-state index contributed by atoms with van der Waals surface area (Å²) in [6.45, 7) is 6.21. The van der Waals surface area contributed by atoms with Gasteiger partial charge in [0.2, 0.25) is 0 Å². The van der Waals surface area contributed by atoms with Crippen LogP contribution in [0.4, 0.5) is 5.00 Å². The third-order valence-corrected chi connectivity index (χ3v) is 3.48. The maximum Gasteiger partial charge on any atom is 0.267 e. The van der Waals surface area contributed by atoms with Crippen LogP contribution in [0, 0.1) is 0 Å². The average molecular weight is 225 g/mol. The maximum atomic E-state index is 3.28. The van der Waals surface area contributed by atoms with Gasteiger partial charge in [-0.3, -0.25) is 0 Å². The Labute approximate surface area is 86.2 Å². The minimum Gasteiger partial charge on any atom is -1.00 e. The van der Waals surface area contributed by atoms with Gasteiger partial charge in [0.15, 0.2) is 0 Å². The Morgan fingerprint density at radius 2 is 2.17 bits per heavy atom. The Balaban J connectivity index is 0.00000121. The quantitative estimate of drug-likeness (QED) is 0.535. The molecular weight excluding hydrogens is 212 g/mol. The molecule has 0 atom stereocenters. The second-order valence-electron chi connectivity index (χ2n) is 2.10. The zero-order valence-electron chi connectivity index (χ0n) is 7.19. The smallest absolute Gasteiger partial charge is 0.267 e. The van der Waals surface area contributed by atoms with Crippen molar-refractivity contribution in [1.82, 2.24) is 0 Å². The summed E-state index contributed by atoms with van der Waals surface area (Å²) < 4.78 is 1.26. The van der Waals surface area contributed by atoms with Gasteiger partial charge in [0, 0.05) is 6.54 Å². The molecule has 2 N–H and O–H groups in total. The maximum absolute atomic E-state index is 3.28. The molecule has 0 saturated heterocycles. The van der Waals surface area contributed by atoms with Crippen LogP contribution >= 0.6 is 20.7 Å². The third-order valence-electron chi connectivity index (χ3n) is 1.19. The zero-order valence-corrected chi connectivity index (χ0v) is 9.57. The number of hydrogen-bond acceptors (Lipinski definition) is 3. The minimum atomic E-state index is 0. The Bertz CT molecular complexity index is 266. The predicted molar refractivity (Wildman–Crippen MR) is 51.0 cm³/mol.